The number of anilines is 1. The van der Waals surface area contributed by atoms with Gasteiger partial charge >= 0.3 is 0 Å². The molecule has 2 heterocycles. The zero-order chi connectivity index (χ0) is 13.0. The number of aryl methyl sites for hydroxylation is 1. The predicted octanol–water partition coefficient (Wildman–Crippen LogP) is 1.49. The lowest BCUT2D eigenvalue weighted by molar-refractivity contribution is 0.303. The first-order valence-electron chi connectivity index (χ1n) is 5.97. The topological polar surface area (TPSA) is 46.0 Å². The smallest absolute Gasteiger partial charge is 0.126 e. The molecular formula is C13H19N5. The van der Waals surface area contributed by atoms with Crippen molar-refractivity contribution in [2.45, 2.75) is 13.1 Å². The van der Waals surface area contributed by atoms with Crippen molar-refractivity contribution in [3.05, 3.63) is 42.1 Å². The van der Waals surface area contributed by atoms with Gasteiger partial charge in [-0.2, -0.15) is 0 Å². The summed E-state index contributed by atoms with van der Waals surface area (Å²) < 4.78 is 2.04. The van der Waals surface area contributed by atoms with Gasteiger partial charge in [-0.25, -0.2) is 9.97 Å². The van der Waals surface area contributed by atoms with Crippen molar-refractivity contribution in [1.29, 1.82) is 0 Å². The number of hydrogen-bond donors (Lipinski definition) is 1. The third-order valence-corrected chi connectivity index (χ3v) is 2.83. The van der Waals surface area contributed by atoms with E-state index in [1.165, 1.54) is 0 Å². The van der Waals surface area contributed by atoms with Crippen LogP contribution in [0.4, 0.5) is 5.82 Å². The SMILES string of the molecule is CNc1cccc(CN(C)Cc2nccn2C)n1. The van der Waals surface area contributed by atoms with E-state index in [0.29, 0.717) is 0 Å². The number of hydrogen-bond acceptors (Lipinski definition) is 4. The molecule has 0 aliphatic heterocycles. The van der Waals surface area contributed by atoms with Gasteiger partial charge in [-0.15, -0.1) is 0 Å². The highest BCUT2D eigenvalue weighted by atomic mass is 15.2. The van der Waals surface area contributed by atoms with E-state index in [0.717, 1.165) is 30.4 Å². The molecule has 0 aromatic carbocycles. The van der Waals surface area contributed by atoms with Crippen LogP contribution in [0.1, 0.15) is 11.5 Å². The van der Waals surface area contributed by atoms with Crippen LogP contribution < -0.4 is 5.32 Å². The molecule has 2 aromatic heterocycles. The maximum absolute atomic E-state index is 4.50. The van der Waals surface area contributed by atoms with Crippen LogP contribution in [-0.4, -0.2) is 33.5 Å². The second kappa shape index (κ2) is 5.64. The molecule has 2 aromatic rings. The van der Waals surface area contributed by atoms with Crippen LogP contribution in [0, 0.1) is 0 Å². The molecule has 0 atom stereocenters. The Morgan fingerprint density at radius 3 is 2.83 bits per heavy atom. The number of rotatable bonds is 5. The average Bonchev–Trinajstić information content (AvgIpc) is 2.75. The van der Waals surface area contributed by atoms with Gasteiger partial charge in [0.25, 0.3) is 0 Å². The van der Waals surface area contributed by atoms with Crippen LogP contribution in [0.2, 0.25) is 0 Å². The number of nitrogens with zero attached hydrogens (tertiary/aromatic N) is 4. The molecule has 0 unspecified atom stereocenters. The van der Waals surface area contributed by atoms with Crippen molar-refractivity contribution in [2.24, 2.45) is 7.05 Å². The highest BCUT2D eigenvalue weighted by Gasteiger charge is 2.06. The van der Waals surface area contributed by atoms with E-state index >= 15 is 0 Å². The Hall–Kier alpha value is -1.88. The van der Waals surface area contributed by atoms with Crippen molar-refractivity contribution in [2.75, 3.05) is 19.4 Å². The van der Waals surface area contributed by atoms with Crippen molar-refractivity contribution < 1.29 is 0 Å². The molecular weight excluding hydrogens is 226 g/mol. The summed E-state index contributed by atoms with van der Waals surface area (Å²) in [4.78, 5) is 11.0. The molecule has 0 aliphatic carbocycles. The molecule has 0 saturated carbocycles. The molecule has 0 radical (unpaired) electrons. The quantitative estimate of drug-likeness (QED) is 0.867. The summed E-state index contributed by atoms with van der Waals surface area (Å²) in [7, 11) is 5.96. The molecule has 0 amide bonds. The van der Waals surface area contributed by atoms with E-state index in [2.05, 4.69) is 27.2 Å². The summed E-state index contributed by atoms with van der Waals surface area (Å²) in [5.74, 6) is 1.96. The third kappa shape index (κ3) is 3.07. The van der Waals surface area contributed by atoms with Gasteiger partial charge in [-0.05, 0) is 19.2 Å². The first-order valence-corrected chi connectivity index (χ1v) is 5.97. The van der Waals surface area contributed by atoms with E-state index in [-0.39, 0.29) is 0 Å². The minimum atomic E-state index is 0.808. The number of aromatic nitrogens is 3. The lowest BCUT2D eigenvalue weighted by atomic mass is 10.3. The standard InChI is InChI=1S/C13H19N5/c1-14-12-6-4-5-11(16-12)9-17(2)10-13-15-7-8-18(13)3/h4-8H,9-10H2,1-3H3,(H,14,16). The summed E-state index contributed by atoms with van der Waals surface area (Å²) in [6.45, 7) is 1.62. The van der Waals surface area contributed by atoms with E-state index in [4.69, 9.17) is 0 Å². The molecule has 1 N–H and O–H groups in total. The predicted molar refractivity (Wildman–Crippen MR) is 72.2 cm³/mol. The maximum atomic E-state index is 4.50. The fourth-order valence-electron chi connectivity index (χ4n) is 1.83. The Kier molecular flexibility index (Phi) is 3.94. The van der Waals surface area contributed by atoms with E-state index in [1.54, 1.807) is 0 Å². The van der Waals surface area contributed by atoms with Gasteiger partial charge in [0.15, 0.2) is 0 Å². The molecule has 0 spiro atoms. The summed E-state index contributed by atoms with van der Waals surface area (Å²) in [5.41, 5.74) is 1.05. The minimum Gasteiger partial charge on any atom is -0.373 e. The lowest BCUT2D eigenvalue weighted by Crippen LogP contribution is -2.20. The van der Waals surface area contributed by atoms with Gasteiger partial charge in [-0.3, -0.25) is 4.90 Å². The van der Waals surface area contributed by atoms with Crippen LogP contribution in [0.25, 0.3) is 0 Å². The molecule has 5 heteroatoms. The van der Waals surface area contributed by atoms with Crippen LogP contribution in [-0.2, 0) is 20.1 Å². The van der Waals surface area contributed by atoms with Gasteiger partial charge in [0, 0.05) is 33.0 Å². The maximum Gasteiger partial charge on any atom is 0.126 e. The van der Waals surface area contributed by atoms with E-state index in [9.17, 15) is 0 Å². The summed E-state index contributed by atoms with van der Waals surface area (Å²) >= 11 is 0. The second-order valence-corrected chi connectivity index (χ2v) is 4.39. The van der Waals surface area contributed by atoms with Crippen LogP contribution >= 0.6 is 0 Å². The Morgan fingerprint density at radius 1 is 1.33 bits per heavy atom. The van der Waals surface area contributed by atoms with Crippen molar-refractivity contribution in [3.63, 3.8) is 0 Å². The molecule has 18 heavy (non-hydrogen) atoms. The molecule has 96 valence electrons. The zero-order valence-corrected chi connectivity index (χ0v) is 11.1. The van der Waals surface area contributed by atoms with Crippen molar-refractivity contribution >= 4 is 5.82 Å². The lowest BCUT2D eigenvalue weighted by Gasteiger charge is -2.16. The fraction of sp³-hybridized carbons (Fsp3) is 0.385. The normalized spacial score (nSPS) is 10.9. The second-order valence-electron chi connectivity index (χ2n) is 4.39. The molecule has 5 nitrogen and oxygen atoms in total. The summed E-state index contributed by atoms with van der Waals surface area (Å²) in [5, 5.41) is 3.05. The Bertz CT molecular complexity index is 506. The monoisotopic (exact) mass is 245 g/mol. The summed E-state index contributed by atoms with van der Waals surface area (Å²) in [6, 6.07) is 6.01. The molecule has 0 fully saturated rings. The van der Waals surface area contributed by atoms with E-state index in [1.807, 2.05) is 49.3 Å². The fourth-order valence-corrected chi connectivity index (χ4v) is 1.83. The highest BCUT2D eigenvalue weighted by molar-refractivity contribution is 5.34. The van der Waals surface area contributed by atoms with Gasteiger partial charge in [0.05, 0.1) is 12.2 Å². The van der Waals surface area contributed by atoms with Gasteiger partial charge in [0.1, 0.15) is 11.6 Å². The highest BCUT2D eigenvalue weighted by Crippen LogP contribution is 2.08. The molecule has 2 rings (SSSR count). The number of nitrogens with one attached hydrogen (secondary N) is 1. The van der Waals surface area contributed by atoms with Crippen LogP contribution in [0.3, 0.4) is 0 Å². The summed E-state index contributed by atoms with van der Waals surface area (Å²) in [6.07, 6.45) is 3.78. The molecule has 0 saturated heterocycles. The first kappa shape index (κ1) is 12.6. The minimum absolute atomic E-state index is 0.808. The van der Waals surface area contributed by atoms with Gasteiger partial charge in [-0.1, -0.05) is 6.07 Å². The largest absolute Gasteiger partial charge is 0.373 e. The zero-order valence-electron chi connectivity index (χ0n) is 11.1. The van der Waals surface area contributed by atoms with Gasteiger partial charge < -0.3 is 9.88 Å². The average molecular weight is 245 g/mol. The Morgan fingerprint density at radius 2 is 2.17 bits per heavy atom. The Balaban J connectivity index is 1.98. The first-order chi connectivity index (χ1) is 8.69. The Labute approximate surface area is 107 Å². The van der Waals surface area contributed by atoms with Crippen LogP contribution in [0.15, 0.2) is 30.6 Å². The molecule has 0 aliphatic rings. The number of pyridine rings is 1. The van der Waals surface area contributed by atoms with E-state index < -0.39 is 0 Å². The van der Waals surface area contributed by atoms with Crippen LogP contribution in [0.5, 0.6) is 0 Å². The number of imidazole rings is 1. The van der Waals surface area contributed by atoms with Crippen molar-refractivity contribution in [3.8, 4) is 0 Å². The molecule has 0 bridgehead atoms. The van der Waals surface area contributed by atoms with Crippen molar-refractivity contribution in [1.82, 2.24) is 19.4 Å². The third-order valence-electron chi connectivity index (χ3n) is 2.83. The van der Waals surface area contributed by atoms with Gasteiger partial charge in [0.2, 0.25) is 0 Å².